The van der Waals surface area contributed by atoms with Crippen molar-refractivity contribution in [3.63, 3.8) is 0 Å². The first-order valence-corrected chi connectivity index (χ1v) is 9.56. The summed E-state index contributed by atoms with van der Waals surface area (Å²) in [5.74, 6) is -0.592. The number of fused-ring (bicyclic) bond motifs is 1. The highest BCUT2D eigenvalue weighted by Crippen LogP contribution is 2.17. The molecule has 0 aliphatic heterocycles. The summed E-state index contributed by atoms with van der Waals surface area (Å²) < 4.78 is 7.03. The molecule has 3 aromatic rings. The Morgan fingerprint density at radius 2 is 2.03 bits per heavy atom. The van der Waals surface area contributed by atoms with Crippen LogP contribution in [-0.4, -0.2) is 37.6 Å². The lowest BCUT2D eigenvalue weighted by molar-refractivity contribution is -0.153. The Morgan fingerprint density at radius 1 is 1.28 bits per heavy atom. The van der Waals surface area contributed by atoms with Crippen molar-refractivity contribution in [2.24, 2.45) is 0 Å². The number of aryl methyl sites for hydroxylation is 3. The number of amides is 1. The molecule has 0 saturated heterocycles. The molecule has 0 saturated carbocycles. The van der Waals surface area contributed by atoms with Gasteiger partial charge in [-0.15, -0.1) is 0 Å². The number of carbonyl (C=O) groups excluding carboxylic acids is 2. The van der Waals surface area contributed by atoms with Crippen molar-refractivity contribution in [2.45, 2.75) is 46.6 Å². The lowest BCUT2D eigenvalue weighted by Gasteiger charge is -2.14. The minimum absolute atomic E-state index is 0.131. The van der Waals surface area contributed by atoms with Crippen molar-refractivity contribution in [1.29, 1.82) is 0 Å². The van der Waals surface area contributed by atoms with E-state index >= 15 is 0 Å². The Kier molecular flexibility index (Phi) is 6.12. The van der Waals surface area contributed by atoms with Crippen LogP contribution in [0, 0.1) is 20.8 Å². The van der Waals surface area contributed by atoms with E-state index in [0.717, 1.165) is 28.3 Å². The van der Waals surface area contributed by atoms with E-state index in [0.29, 0.717) is 17.3 Å². The third-order valence-electron chi connectivity index (χ3n) is 4.52. The SMILES string of the molecule is Cc1cc2nc(C)c(CCC(=O)O[C@H](C)C(=O)Nc3ccc(Cl)cn3)c(C)n2n1. The molecule has 3 aromatic heterocycles. The maximum Gasteiger partial charge on any atom is 0.306 e. The van der Waals surface area contributed by atoms with E-state index in [1.54, 1.807) is 16.6 Å². The monoisotopic (exact) mass is 415 g/mol. The van der Waals surface area contributed by atoms with Crippen molar-refractivity contribution < 1.29 is 14.3 Å². The van der Waals surface area contributed by atoms with Gasteiger partial charge in [0, 0.05) is 30.1 Å². The van der Waals surface area contributed by atoms with Crippen molar-refractivity contribution in [2.75, 3.05) is 5.32 Å². The number of nitrogens with zero attached hydrogens (tertiary/aromatic N) is 4. The summed E-state index contributed by atoms with van der Waals surface area (Å²) in [6.45, 7) is 7.28. The third-order valence-corrected chi connectivity index (χ3v) is 4.74. The Bertz CT molecular complexity index is 1060. The molecule has 9 heteroatoms. The molecular formula is C20H22ClN5O3. The molecular weight excluding hydrogens is 394 g/mol. The molecule has 1 atom stereocenters. The molecule has 3 rings (SSSR count). The lowest BCUT2D eigenvalue weighted by atomic mass is 10.1. The number of esters is 1. The van der Waals surface area contributed by atoms with Crippen LogP contribution in [0.15, 0.2) is 24.4 Å². The second-order valence-corrected chi connectivity index (χ2v) is 7.24. The standard InChI is InChI=1S/C20H22ClN5O3/c1-11-9-18-23-12(2)16(13(3)26(18)25-11)6-8-19(27)29-14(4)20(28)24-17-7-5-15(21)10-22-17/h5,7,9-10,14H,6,8H2,1-4H3,(H,22,24,28)/t14-/m1/s1. The highest BCUT2D eigenvalue weighted by molar-refractivity contribution is 6.30. The number of halogens is 1. The van der Waals surface area contributed by atoms with Gasteiger partial charge in [-0.2, -0.15) is 5.10 Å². The number of aromatic nitrogens is 4. The molecule has 29 heavy (non-hydrogen) atoms. The first kappa shape index (κ1) is 20.7. The van der Waals surface area contributed by atoms with Crippen LogP contribution in [0.1, 0.15) is 36.0 Å². The van der Waals surface area contributed by atoms with Crippen molar-refractivity contribution in [3.05, 3.63) is 52.1 Å². The lowest BCUT2D eigenvalue weighted by Crippen LogP contribution is -2.30. The van der Waals surface area contributed by atoms with Gasteiger partial charge in [-0.3, -0.25) is 9.59 Å². The molecule has 1 N–H and O–H groups in total. The number of pyridine rings is 1. The average molecular weight is 416 g/mol. The number of anilines is 1. The molecule has 152 valence electrons. The summed E-state index contributed by atoms with van der Waals surface area (Å²) >= 11 is 5.77. The van der Waals surface area contributed by atoms with Crippen LogP contribution in [0.25, 0.3) is 5.65 Å². The molecule has 8 nitrogen and oxygen atoms in total. The largest absolute Gasteiger partial charge is 0.453 e. The zero-order chi connectivity index (χ0) is 21.1. The number of carbonyl (C=O) groups is 2. The summed E-state index contributed by atoms with van der Waals surface area (Å²) in [6, 6.07) is 5.09. The Labute approximate surface area is 173 Å². The highest BCUT2D eigenvalue weighted by atomic mass is 35.5. The van der Waals surface area contributed by atoms with Gasteiger partial charge in [0.15, 0.2) is 11.8 Å². The van der Waals surface area contributed by atoms with Gasteiger partial charge in [-0.25, -0.2) is 14.5 Å². The highest BCUT2D eigenvalue weighted by Gasteiger charge is 2.19. The first-order chi connectivity index (χ1) is 13.7. The van der Waals surface area contributed by atoms with Crippen LogP contribution >= 0.6 is 11.6 Å². The second-order valence-electron chi connectivity index (χ2n) is 6.80. The van der Waals surface area contributed by atoms with Gasteiger partial charge in [0.2, 0.25) is 0 Å². The molecule has 0 spiro atoms. The van der Waals surface area contributed by atoms with E-state index in [1.807, 2.05) is 26.8 Å². The Hall–Kier alpha value is -3.00. The first-order valence-electron chi connectivity index (χ1n) is 9.19. The Balaban J connectivity index is 1.58. The molecule has 0 aliphatic carbocycles. The predicted molar refractivity (Wildman–Crippen MR) is 109 cm³/mol. The normalized spacial score (nSPS) is 12.0. The quantitative estimate of drug-likeness (QED) is 0.620. The van der Waals surface area contributed by atoms with E-state index < -0.39 is 18.0 Å². The predicted octanol–water partition coefficient (Wildman–Crippen LogP) is 3.21. The van der Waals surface area contributed by atoms with E-state index in [4.69, 9.17) is 16.3 Å². The van der Waals surface area contributed by atoms with Crippen LogP contribution in [0.3, 0.4) is 0 Å². The third kappa shape index (κ3) is 4.89. The number of rotatable bonds is 6. The maximum absolute atomic E-state index is 12.2. The minimum Gasteiger partial charge on any atom is -0.453 e. The fraction of sp³-hybridized carbons (Fsp3) is 0.350. The van der Waals surface area contributed by atoms with Gasteiger partial charge in [0.1, 0.15) is 5.82 Å². The number of hydrogen-bond donors (Lipinski definition) is 1. The average Bonchev–Trinajstić information content (AvgIpc) is 3.03. The van der Waals surface area contributed by atoms with Crippen molar-refractivity contribution in [1.82, 2.24) is 19.6 Å². The minimum atomic E-state index is -0.948. The Morgan fingerprint density at radius 3 is 2.72 bits per heavy atom. The fourth-order valence-electron chi connectivity index (χ4n) is 3.02. The number of hydrogen-bond acceptors (Lipinski definition) is 6. The summed E-state index contributed by atoms with van der Waals surface area (Å²) in [6.07, 6.45) is 1.05. The summed E-state index contributed by atoms with van der Waals surface area (Å²) in [7, 11) is 0. The molecule has 0 radical (unpaired) electrons. The zero-order valence-corrected chi connectivity index (χ0v) is 17.4. The summed E-state index contributed by atoms with van der Waals surface area (Å²) in [5.41, 5.74) is 4.40. The summed E-state index contributed by atoms with van der Waals surface area (Å²) in [5, 5.41) is 7.47. The fourth-order valence-corrected chi connectivity index (χ4v) is 3.13. The molecule has 0 aromatic carbocycles. The van der Waals surface area contributed by atoms with E-state index in [9.17, 15) is 9.59 Å². The van der Waals surface area contributed by atoms with Crippen LogP contribution in [0.5, 0.6) is 0 Å². The van der Waals surface area contributed by atoms with Crippen LogP contribution < -0.4 is 5.32 Å². The molecule has 0 unspecified atom stereocenters. The van der Waals surface area contributed by atoms with E-state index in [2.05, 4.69) is 20.4 Å². The van der Waals surface area contributed by atoms with E-state index in [1.165, 1.54) is 13.1 Å². The number of nitrogens with one attached hydrogen (secondary N) is 1. The zero-order valence-electron chi connectivity index (χ0n) is 16.7. The van der Waals surface area contributed by atoms with Gasteiger partial charge in [-0.05, 0) is 51.8 Å². The molecule has 1 amide bonds. The summed E-state index contributed by atoms with van der Waals surface area (Å²) in [4.78, 5) is 32.9. The van der Waals surface area contributed by atoms with Crippen LogP contribution in [0.4, 0.5) is 5.82 Å². The van der Waals surface area contributed by atoms with Crippen molar-refractivity contribution in [3.8, 4) is 0 Å². The topological polar surface area (TPSA) is 98.5 Å². The smallest absolute Gasteiger partial charge is 0.306 e. The van der Waals surface area contributed by atoms with Gasteiger partial charge in [0.25, 0.3) is 5.91 Å². The molecule has 0 fully saturated rings. The maximum atomic E-state index is 12.2. The molecule has 0 aliphatic rings. The number of ether oxygens (including phenoxy) is 1. The second kappa shape index (κ2) is 8.57. The van der Waals surface area contributed by atoms with Gasteiger partial charge >= 0.3 is 5.97 Å². The molecule has 3 heterocycles. The van der Waals surface area contributed by atoms with Crippen molar-refractivity contribution >= 4 is 34.9 Å². The molecule has 0 bridgehead atoms. The van der Waals surface area contributed by atoms with Gasteiger partial charge in [0.05, 0.1) is 10.7 Å². The van der Waals surface area contributed by atoms with E-state index in [-0.39, 0.29) is 6.42 Å². The van der Waals surface area contributed by atoms with Crippen LogP contribution in [0.2, 0.25) is 5.02 Å². The van der Waals surface area contributed by atoms with Gasteiger partial charge < -0.3 is 10.1 Å². The van der Waals surface area contributed by atoms with Crippen LogP contribution in [-0.2, 0) is 20.7 Å². The van der Waals surface area contributed by atoms with Gasteiger partial charge in [-0.1, -0.05) is 11.6 Å².